The molecule has 2 aromatic rings. The van der Waals surface area contributed by atoms with Crippen LogP contribution in [0.5, 0.6) is 11.5 Å². The van der Waals surface area contributed by atoms with Gasteiger partial charge in [0.1, 0.15) is 0 Å². The van der Waals surface area contributed by atoms with Crippen molar-refractivity contribution in [1.29, 1.82) is 0 Å². The van der Waals surface area contributed by atoms with Crippen molar-refractivity contribution in [3.63, 3.8) is 0 Å². The van der Waals surface area contributed by atoms with Crippen molar-refractivity contribution in [2.24, 2.45) is 5.10 Å². The zero-order valence-corrected chi connectivity index (χ0v) is 16.5. The van der Waals surface area contributed by atoms with E-state index in [0.717, 1.165) is 11.3 Å². The average Bonchev–Trinajstić information content (AvgIpc) is 2.62. The first-order valence-corrected chi connectivity index (χ1v) is 8.84. The van der Waals surface area contributed by atoms with E-state index in [-0.39, 0.29) is 6.61 Å². The fourth-order valence-corrected chi connectivity index (χ4v) is 2.67. The number of ether oxygens (including phenoxy) is 3. The summed E-state index contributed by atoms with van der Waals surface area (Å²) in [5.74, 6) is 0.485. The molecule has 0 heterocycles. The SMILES string of the molecule is CCOC(=O)COc1c(Br)cc(/C=N/Nc2ccc(C)cc2)cc1OC. The van der Waals surface area contributed by atoms with E-state index < -0.39 is 5.97 Å². The molecule has 0 fully saturated rings. The Hall–Kier alpha value is -2.54. The molecule has 6 nitrogen and oxygen atoms in total. The Morgan fingerprint density at radius 3 is 2.65 bits per heavy atom. The van der Waals surface area contributed by atoms with Crippen LogP contribution in [-0.4, -0.2) is 32.5 Å². The molecular weight excluding hydrogens is 400 g/mol. The first kappa shape index (κ1) is 19.8. The number of esters is 1. The number of carbonyl (C=O) groups is 1. The summed E-state index contributed by atoms with van der Waals surface area (Å²) in [6.07, 6.45) is 1.67. The van der Waals surface area contributed by atoms with Gasteiger partial charge in [0, 0.05) is 0 Å². The van der Waals surface area contributed by atoms with Gasteiger partial charge in [0.05, 0.1) is 30.1 Å². The van der Waals surface area contributed by atoms with E-state index in [9.17, 15) is 4.79 Å². The molecule has 0 amide bonds. The van der Waals surface area contributed by atoms with E-state index in [1.807, 2.05) is 37.3 Å². The van der Waals surface area contributed by atoms with Gasteiger partial charge in [-0.25, -0.2) is 4.79 Å². The smallest absolute Gasteiger partial charge is 0.344 e. The van der Waals surface area contributed by atoms with Gasteiger partial charge >= 0.3 is 5.97 Å². The molecule has 2 aromatic carbocycles. The molecule has 0 aliphatic heterocycles. The highest BCUT2D eigenvalue weighted by Gasteiger charge is 2.13. The molecule has 0 saturated heterocycles. The normalized spacial score (nSPS) is 10.6. The molecule has 0 unspecified atom stereocenters. The standard InChI is InChI=1S/C19H21BrN2O4/c1-4-25-18(23)12-26-19-16(20)9-14(10-17(19)24-3)11-21-22-15-7-5-13(2)6-8-15/h5-11,22H,4,12H2,1-3H3/b21-11+. The number of nitrogens with zero attached hydrogens (tertiary/aromatic N) is 1. The van der Waals surface area contributed by atoms with Crippen molar-refractivity contribution in [3.05, 3.63) is 52.0 Å². The molecule has 7 heteroatoms. The third-order valence-corrected chi connectivity index (χ3v) is 3.94. The predicted molar refractivity (Wildman–Crippen MR) is 105 cm³/mol. The van der Waals surface area contributed by atoms with Crippen LogP contribution in [0.25, 0.3) is 0 Å². The summed E-state index contributed by atoms with van der Waals surface area (Å²) in [6.45, 7) is 3.89. The van der Waals surface area contributed by atoms with Gasteiger partial charge < -0.3 is 14.2 Å². The van der Waals surface area contributed by atoms with E-state index in [1.54, 1.807) is 19.2 Å². The Morgan fingerprint density at radius 1 is 1.27 bits per heavy atom. The summed E-state index contributed by atoms with van der Waals surface area (Å²) >= 11 is 3.43. The minimum absolute atomic E-state index is 0.189. The van der Waals surface area contributed by atoms with E-state index in [0.29, 0.717) is 22.6 Å². The maximum atomic E-state index is 11.5. The monoisotopic (exact) mass is 420 g/mol. The number of hydrazone groups is 1. The fourth-order valence-electron chi connectivity index (χ4n) is 2.10. The van der Waals surface area contributed by atoms with Crippen molar-refractivity contribution < 1.29 is 19.0 Å². The summed E-state index contributed by atoms with van der Waals surface area (Å²) in [5.41, 5.74) is 5.85. The van der Waals surface area contributed by atoms with Crippen LogP contribution >= 0.6 is 15.9 Å². The second-order valence-electron chi connectivity index (χ2n) is 5.36. The highest BCUT2D eigenvalue weighted by molar-refractivity contribution is 9.10. The van der Waals surface area contributed by atoms with E-state index >= 15 is 0 Å². The maximum Gasteiger partial charge on any atom is 0.344 e. The molecule has 0 spiro atoms. The summed E-state index contributed by atoms with van der Waals surface area (Å²) in [5, 5.41) is 4.22. The van der Waals surface area contributed by atoms with Crippen LogP contribution in [0.2, 0.25) is 0 Å². The number of hydrogen-bond donors (Lipinski definition) is 1. The molecule has 0 aliphatic carbocycles. The molecule has 0 saturated carbocycles. The van der Waals surface area contributed by atoms with Crippen LogP contribution in [0.4, 0.5) is 5.69 Å². The lowest BCUT2D eigenvalue weighted by molar-refractivity contribution is -0.145. The number of aryl methyl sites for hydroxylation is 1. The number of hydrogen-bond acceptors (Lipinski definition) is 6. The third kappa shape index (κ3) is 5.77. The second kappa shape index (κ2) is 9.82. The largest absolute Gasteiger partial charge is 0.493 e. The lowest BCUT2D eigenvalue weighted by atomic mass is 10.2. The van der Waals surface area contributed by atoms with Crippen molar-refractivity contribution in [1.82, 2.24) is 0 Å². The number of benzene rings is 2. The third-order valence-electron chi connectivity index (χ3n) is 3.35. The quantitative estimate of drug-likeness (QED) is 0.394. The highest BCUT2D eigenvalue weighted by atomic mass is 79.9. The summed E-state index contributed by atoms with van der Waals surface area (Å²) in [4.78, 5) is 11.5. The van der Waals surface area contributed by atoms with Gasteiger partial charge in [-0.1, -0.05) is 17.7 Å². The zero-order chi connectivity index (χ0) is 18.9. The maximum absolute atomic E-state index is 11.5. The van der Waals surface area contributed by atoms with Gasteiger partial charge in [-0.2, -0.15) is 5.10 Å². The van der Waals surface area contributed by atoms with Gasteiger partial charge in [-0.3, -0.25) is 5.43 Å². The summed E-state index contributed by atoms with van der Waals surface area (Å²) < 4.78 is 16.4. The van der Waals surface area contributed by atoms with Crippen LogP contribution in [-0.2, 0) is 9.53 Å². The Balaban J connectivity index is 2.08. The molecule has 0 aromatic heterocycles. The number of nitrogens with one attached hydrogen (secondary N) is 1. The van der Waals surface area contributed by atoms with Gasteiger partial charge in [0.15, 0.2) is 18.1 Å². The Kier molecular flexibility index (Phi) is 7.47. The first-order chi connectivity index (χ1) is 12.5. The number of anilines is 1. The van der Waals surface area contributed by atoms with E-state index in [1.165, 1.54) is 12.7 Å². The molecule has 138 valence electrons. The van der Waals surface area contributed by atoms with Gasteiger partial charge in [0.2, 0.25) is 0 Å². The summed E-state index contributed by atoms with van der Waals surface area (Å²) in [6, 6.07) is 11.5. The van der Waals surface area contributed by atoms with Gasteiger partial charge in [0.25, 0.3) is 0 Å². The topological polar surface area (TPSA) is 69.2 Å². The molecular formula is C19H21BrN2O4. The molecule has 0 radical (unpaired) electrons. The Morgan fingerprint density at radius 2 is 2.00 bits per heavy atom. The lowest BCUT2D eigenvalue weighted by Gasteiger charge is -2.13. The van der Waals surface area contributed by atoms with E-state index in [4.69, 9.17) is 14.2 Å². The first-order valence-electron chi connectivity index (χ1n) is 8.05. The number of rotatable bonds is 8. The molecule has 1 N–H and O–H groups in total. The average molecular weight is 421 g/mol. The Labute approximate surface area is 161 Å². The molecule has 26 heavy (non-hydrogen) atoms. The fraction of sp³-hybridized carbons (Fsp3) is 0.263. The molecule has 0 aliphatic rings. The zero-order valence-electron chi connectivity index (χ0n) is 14.9. The van der Waals surface area contributed by atoms with Crippen LogP contribution in [0.15, 0.2) is 46.0 Å². The second-order valence-corrected chi connectivity index (χ2v) is 6.22. The molecule has 0 bridgehead atoms. The molecule has 2 rings (SSSR count). The van der Waals surface area contributed by atoms with Crippen LogP contribution in [0, 0.1) is 6.92 Å². The minimum atomic E-state index is -0.436. The van der Waals surface area contributed by atoms with Crippen LogP contribution < -0.4 is 14.9 Å². The van der Waals surface area contributed by atoms with Crippen molar-refractivity contribution in [2.45, 2.75) is 13.8 Å². The highest BCUT2D eigenvalue weighted by Crippen LogP contribution is 2.36. The lowest BCUT2D eigenvalue weighted by Crippen LogP contribution is -2.15. The number of methoxy groups -OCH3 is 1. The van der Waals surface area contributed by atoms with Crippen molar-refractivity contribution in [2.75, 3.05) is 25.7 Å². The summed E-state index contributed by atoms with van der Waals surface area (Å²) in [7, 11) is 1.53. The van der Waals surface area contributed by atoms with Gasteiger partial charge in [-0.15, -0.1) is 0 Å². The minimum Gasteiger partial charge on any atom is -0.493 e. The van der Waals surface area contributed by atoms with Gasteiger partial charge in [-0.05, 0) is 59.6 Å². The molecule has 0 atom stereocenters. The van der Waals surface area contributed by atoms with Crippen LogP contribution in [0.3, 0.4) is 0 Å². The van der Waals surface area contributed by atoms with Crippen molar-refractivity contribution >= 4 is 33.8 Å². The van der Waals surface area contributed by atoms with E-state index in [2.05, 4.69) is 26.5 Å². The Bertz CT molecular complexity index is 776. The number of halogens is 1. The van der Waals surface area contributed by atoms with Crippen molar-refractivity contribution in [3.8, 4) is 11.5 Å². The number of carbonyl (C=O) groups excluding carboxylic acids is 1. The van der Waals surface area contributed by atoms with Crippen LogP contribution in [0.1, 0.15) is 18.1 Å². The predicted octanol–water partition coefficient (Wildman–Crippen LogP) is 4.15.